The van der Waals surface area contributed by atoms with Crippen molar-refractivity contribution in [2.75, 3.05) is 6.61 Å². The minimum absolute atomic E-state index is 0.0106. The number of nitrogens with one attached hydrogen (secondary N) is 4. The Morgan fingerprint density at radius 3 is 2.24 bits per heavy atom. The fourth-order valence-corrected chi connectivity index (χ4v) is 2.94. The predicted molar refractivity (Wildman–Crippen MR) is 119 cm³/mol. The number of rotatable bonds is 15. The summed E-state index contributed by atoms with van der Waals surface area (Å²) in [5.74, 6) is -4.68. The molecular weight excluding hydrogens is 450 g/mol. The van der Waals surface area contributed by atoms with Crippen LogP contribution in [0.3, 0.4) is 0 Å². The first-order valence-electron chi connectivity index (χ1n) is 10.8. The average Bonchev–Trinajstić information content (AvgIpc) is 3.30. The number of hydrogen-bond donors (Lipinski definition) is 8. The van der Waals surface area contributed by atoms with E-state index in [1.54, 1.807) is 13.8 Å². The zero-order valence-corrected chi connectivity index (χ0v) is 19.1. The van der Waals surface area contributed by atoms with Gasteiger partial charge < -0.3 is 42.6 Å². The second kappa shape index (κ2) is 13.9. The number of nitrogens with zero attached hydrogens (tertiary/aromatic N) is 1. The molecule has 0 aliphatic carbocycles. The fourth-order valence-electron chi connectivity index (χ4n) is 2.94. The number of aliphatic carboxylic acids is 1. The van der Waals surface area contributed by atoms with Crippen LogP contribution in [-0.4, -0.2) is 80.6 Å². The molecule has 190 valence electrons. The lowest BCUT2D eigenvalue weighted by atomic mass is 9.97. The fraction of sp³-hybridized carbons (Fsp3) is 0.600. The van der Waals surface area contributed by atoms with Gasteiger partial charge in [0.25, 0.3) is 0 Å². The summed E-state index contributed by atoms with van der Waals surface area (Å²) in [5, 5.41) is 25.5. The molecule has 10 N–H and O–H groups in total. The van der Waals surface area contributed by atoms with Gasteiger partial charge in [-0.3, -0.25) is 19.2 Å². The minimum Gasteiger partial charge on any atom is -0.480 e. The van der Waals surface area contributed by atoms with Gasteiger partial charge in [0.1, 0.15) is 18.1 Å². The number of imidazole rings is 1. The van der Waals surface area contributed by atoms with E-state index < -0.39 is 66.3 Å². The summed E-state index contributed by atoms with van der Waals surface area (Å²) in [5.41, 5.74) is 11.4. The second-order valence-corrected chi connectivity index (χ2v) is 7.91. The Labute approximate surface area is 196 Å². The SMILES string of the molecule is CCC(C)C(NC(=O)C(Cc1cnc[nH]1)NC(=O)C(N)CCC(N)=O)C(=O)NC(CO)C(=O)O. The summed E-state index contributed by atoms with van der Waals surface area (Å²) in [7, 11) is 0. The molecule has 0 saturated heterocycles. The molecule has 14 nitrogen and oxygen atoms in total. The number of amides is 4. The first-order valence-corrected chi connectivity index (χ1v) is 10.8. The summed E-state index contributed by atoms with van der Waals surface area (Å²) in [4.78, 5) is 67.1. The van der Waals surface area contributed by atoms with E-state index in [9.17, 15) is 29.1 Å². The van der Waals surface area contributed by atoms with Gasteiger partial charge in [-0.05, 0) is 12.3 Å². The maximum atomic E-state index is 13.1. The Kier molecular flexibility index (Phi) is 11.7. The number of carbonyl (C=O) groups is 5. The van der Waals surface area contributed by atoms with Gasteiger partial charge in [0, 0.05) is 24.7 Å². The van der Waals surface area contributed by atoms with Crippen molar-refractivity contribution in [3.05, 3.63) is 18.2 Å². The van der Waals surface area contributed by atoms with Crippen LogP contribution in [0.4, 0.5) is 0 Å². The molecule has 0 spiro atoms. The standard InChI is InChI=1S/C20H33N7O7/c1-3-10(2)16(19(32)26-14(8-28)20(33)34)27-18(31)13(6-11-7-23-9-24-11)25-17(30)12(21)4-5-15(22)29/h7,9-10,12-14,16,28H,3-6,8,21H2,1-2H3,(H2,22,29)(H,23,24)(H,25,30)(H,26,32)(H,27,31)(H,33,34). The number of aliphatic hydroxyl groups excluding tert-OH is 1. The van der Waals surface area contributed by atoms with Crippen molar-refractivity contribution >= 4 is 29.6 Å². The molecule has 1 rings (SSSR count). The molecule has 5 atom stereocenters. The topological polar surface area (TPSA) is 243 Å². The molecule has 0 fully saturated rings. The highest BCUT2D eigenvalue weighted by Crippen LogP contribution is 2.10. The molecule has 0 saturated carbocycles. The predicted octanol–water partition coefficient (Wildman–Crippen LogP) is -2.88. The zero-order valence-electron chi connectivity index (χ0n) is 19.1. The van der Waals surface area contributed by atoms with E-state index >= 15 is 0 Å². The summed E-state index contributed by atoms with van der Waals surface area (Å²) in [6.45, 7) is 2.63. The molecule has 0 aliphatic rings. The van der Waals surface area contributed by atoms with Crippen LogP contribution >= 0.6 is 0 Å². The summed E-state index contributed by atoms with van der Waals surface area (Å²) >= 11 is 0. The van der Waals surface area contributed by atoms with Crippen molar-refractivity contribution < 1.29 is 34.2 Å². The lowest BCUT2D eigenvalue weighted by Gasteiger charge is -2.27. The van der Waals surface area contributed by atoms with Gasteiger partial charge in [0.2, 0.25) is 23.6 Å². The highest BCUT2D eigenvalue weighted by Gasteiger charge is 2.32. The molecule has 4 amide bonds. The Morgan fingerprint density at radius 1 is 1.09 bits per heavy atom. The quantitative estimate of drug-likeness (QED) is 0.127. The molecule has 0 aliphatic heterocycles. The Hall–Kier alpha value is -3.52. The number of H-pyrrole nitrogens is 1. The lowest BCUT2D eigenvalue weighted by molar-refractivity contribution is -0.143. The van der Waals surface area contributed by atoms with E-state index in [1.807, 2.05) is 0 Å². The number of aromatic nitrogens is 2. The number of aromatic amines is 1. The molecule has 34 heavy (non-hydrogen) atoms. The molecule has 0 bridgehead atoms. The van der Waals surface area contributed by atoms with E-state index in [-0.39, 0.29) is 19.3 Å². The summed E-state index contributed by atoms with van der Waals surface area (Å²) in [6, 6.07) is -4.95. The maximum Gasteiger partial charge on any atom is 0.328 e. The lowest BCUT2D eigenvalue weighted by Crippen LogP contribution is -2.59. The Bertz CT molecular complexity index is 846. The van der Waals surface area contributed by atoms with E-state index in [2.05, 4.69) is 25.9 Å². The van der Waals surface area contributed by atoms with E-state index in [0.29, 0.717) is 12.1 Å². The van der Waals surface area contributed by atoms with Crippen LogP contribution in [0.2, 0.25) is 0 Å². The summed E-state index contributed by atoms with van der Waals surface area (Å²) < 4.78 is 0. The Balaban J connectivity index is 3.03. The number of carbonyl (C=O) groups excluding carboxylic acids is 4. The van der Waals surface area contributed by atoms with Crippen LogP contribution in [0.5, 0.6) is 0 Å². The highest BCUT2D eigenvalue weighted by atomic mass is 16.4. The number of primary amides is 1. The molecule has 14 heteroatoms. The van der Waals surface area contributed by atoms with Gasteiger partial charge in [-0.15, -0.1) is 0 Å². The van der Waals surface area contributed by atoms with Crippen molar-refractivity contribution in [2.24, 2.45) is 17.4 Å². The van der Waals surface area contributed by atoms with Crippen molar-refractivity contribution in [3.63, 3.8) is 0 Å². The van der Waals surface area contributed by atoms with Gasteiger partial charge in [-0.2, -0.15) is 0 Å². The third kappa shape index (κ3) is 9.15. The largest absolute Gasteiger partial charge is 0.480 e. The smallest absolute Gasteiger partial charge is 0.328 e. The van der Waals surface area contributed by atoms with Crippen molar-refractivity contribution in [1.82, 2.24) is 25.9 Å². The second-order valence-electron chi connectivity index (χ2n) is 7.91. The number of carboxylic acids is 1. The average molecular weight is 484 g/mol. The van der Waals surface area contributed by atoms with Crippen LogP contribution < -0.4 is 27.4 Å². The van der Waals surface area contributed by atoms with E-state index in [4.69, 9.17) is 16.6 Å². The molecule has 5 unspecified atom stereocenters. The number of carboxylic acid groups (broad SMARTS) is 1. The van der Waals surface area contributed by atoms with E-state index in [0.717, 1.165) is 0 Å². The maximum absolute atomic E-state index is 13.1. The molecular formula is C20H33N7O7. The van der Waals surface area contributed by atoms with Crippen molar-refractivity contribution in [1.29, 1.82) is 0 Å². The summed E-state index contributed by atoms with van der Waals surface area (Å²) in [6.07, 6.45) is 3.17. The third-order valence-corrected chi connectivity index (χ3v) is 5.24. The van der Waals surface area contributed by atoms with Gasteiger partial charge in [0.05, 0.1) is 19.0 Å². The molecule has 1 heterocycles. The monoisotopic (exact) mass is 483 g/mol. The van der Waals surface area contributed by atoms with Crippen LogP contribution in [0.25, 0.3) is 0 Å². The molecule has 0 radical (unpaired) electrons. The van der Waals surface area contributed by atoms with Gasteiger partial charge >= 0.3 is 5.97 Å². The molecule has 1 aromatic rings. The van der Waals surface area contributed by atoms with Crippen molar-refractivity contribution in [2.45, 2.75) is 63.7 Å². The number of nitrogens with two attached hydrogens (primary N) is 2. The highest BCUT2D eigenvalue weighted by molar-refractivity contribution is 5.94. The Morgan fingerprint density at radius 2 is 1.74 bits per heavy atom. The first kappa shape index (κ1) is 28.5. The molecule has 0 aromatic carbocycles. The number of aliphatic hydroxyl groups is 1. The van der Waals surface area contributed by atoms with Gasteiger partial charge in [-0.1, -0.05) is 20.3 Å². The third-order valence-electron chi connectivity index (χ3n) is 5.24. The van der Waals surface area contributed by atoms with Crippen LogP contribution in [0.1, 0.15) is 38.8 Å². The first-order chi connectivity index (χ1) is 16.0. The zero-order chi connectivity index (χ0) is 25.8. The van der Waals surface area contributed by atoms with E-state index in [1.165, 1.54) is 12.5 Å². The normalized spacial score (nSPS) is 15.3. The van der Waals surface area contributed by atoms with Crippen LogP contribution in [-0.2, 0) is 30.4 Å². The molecule has 1 aromatic heterocycles. The number of hydrogen-bond acceptors (Lipinski definition) is 8. The van der Waals surface area contributed by atoms with Gasteiger partial charge in [0.15, 0.2) is 0 Å². The van der Waals surface area contributed by atoms with Crippen molar-refractivity contribution in [3.8, 4) is 0 Å². The van der Waals surface area contributed by atoms with Crippen LogP contribution in [0.15, 0.2) is 12.5 Å². The van der Waals surface area contributed by atoms with Crippen LogP contribution in [0, 0.1) is 5.92 Å². The minimum atomic E-state index is -1.54. The van der Waals surface area contributed by atoms with Gasteiger partial charge in [-0.25, -0.2) is 9.78 Å².